The van der Waals surface area contributed by atoms with Gasteiger partial charge in [-0.3, -0.25) is 4.90 Å². The van der Waals surface area contributed by atoms with Crippen LogP contribution in [-0.4, -0.2) is 43.8 Å². The van der Waals surface area contributed by atoms with E-state index >= 15 is 0 Å². The quantitative estimate of drug-likeness (QED) is 0.849. The second kappa shape index (κ2) is 6.56. The summed E-state index contributed by atoms with van der Waals surface area (Å²) >= 11 is 0. The highest BCUT2D eigenvalue weighted by Crippen LogP contribution is 2.33. The number of benzene rings is 2. The molecular formula is C20H24N2O2S. The molecule has 0 spiro atoms. The number of fused-ring (bicyclic) bond motifs is 3. The fourth-order valence-corrected chi connectivity index (χ4v) is 5.47. The Kier molecular flexibility index (Phi) is 4.40. The molecule has 5 heteroatoms. The lowest BCUT2D eigenvalue weighted by atomic mass is 9.91. The number of sulfonamides is 1. The predicted octanol–water partition coefficient (Wildman–Crippen LogP) is 2.74. The fourth-order valence-electron chi connectivity index (χ4n) is 3.95. The van der Waals surface area contributed by atoms with Gasteiger partial charge in [0.15, 0.2) is 0 Å². The van der Waals surface area contributed by atoms with Gasteiger partial charge in [-0.15, -0.1) is 0 Å². The smallest absolute Gasteiger partial charge is 0.218 e. The Morgan fingerprint density at radius 1 is 1.00 bits per heavy atom. The summed E-state index contributed by atoms with van der Waals surface area (Å²) in [6, 6.07) is 16.4. The summed E-state index contributed by atoms with van der Waals surface area (Å²) in [5.74, 6) is 0.0850. The average Bonchev–Trinajstić information content (AvgIpc) is 2.63. The first-order valence-electron chi connectivity index (χ1n) is 8.88. The van der Waals surface area contributed by atoms with Gasteiger partial charge in [0.1, 0.15) is 0 Å². The minimum atomic E-state index is -3.30. The Hall–Kier alpha value is -1.69. The van der Waals surface area contributed by atoms with Crippen LogP contribution in [0.15, 0.2) is 48.5 Å². The second-order valence-corrected chi connectivity index (χ2v) is 9.07. The molecule has 1 unspecified atom stereocenters. The van der Waals surface area contributed by atoms with E-state index in [0.717, 1.165) is 30.6 Å². The maximum Gasteiger partial charge on any atom is 0.218 e. The normalized spacial score (nSPS) is 21.6. The van der Waals surface area contributed by atoms with E-state index in [1.54, 1.807) is 4.31 Å². The van der Waals surface area contributed by atoms with Crippen LogP contribution in [0.4, 0.5) is 0 Å². The van der Waals surface area contributed by atoms with Crippen molar-refractivity contribution in [2.24, 2.45) is 0 Å². The van der Waals surface area contributed by atoms with E-state index < -0.39 is 10.0 Å². The van der Waals surface area contributed by atoms with Gasteiger partial charge in [-0.25, -0.2) is 8.42 Å². The van der Waals surface area contributed by atoms with Gasteiger partial charge in [-0.05, 0) is 30.0 Å². The average molecular weight is 356 g/mol. The molecule has 1 atom stereocenters. The van der Waals surface area contributed by atoms with E-state index in [2.05, 4.69) is 29.2 Å². The molecule has 2 aliphatic rings. The number of hydrogen-bond donors (Lipinski definition) is 0. The summed E-state index contributed by atoms with van der Waals surface area (Å²) in [7, 11) is -3.30. The highest BCUT2D eigenvalue weighted by molar-refractivity contribution is 7.88. The Labute approximate surface area is 150 Å². The molecule has 0 radical (unpaired) electrons. The highest BCUT2D eigenvalue weighted by Gasteiger charge is 2.36. The van der Waals surface area contributed by atoms with E-state index in [1.165, 1.54) is 11.1 Å². The van der Waals surface area contributed by atoms with Gasteiger partial charge in [-0.2, -0.15) is 4.31 Å². The molecular weight excluding hydrogens is 332 g/mol. The molecule has 25 heavy (non-hydrogen) atoms. The largest absolute Gasteiger partial charge is 0.293 e. The summed E-state index contributed by atoms with van der Waals surface area (Å²) in [6.07, 6.45) is 1.06. The van der Waals surface area contributed by atoms with Crippen molar-refractivity contribution in [3.63, 3.8) is 0 Å². The number of aryl methyl sites for hydroxylation is 1. The fraction of sp³-hybridized carbons (Fsp3) is 0.400. The highest BCUT2D eigenvalue weighted by atomic mass is 32.2. The van der Waals surface area contributed by atoms with Crippen molar-refractivity contribution >= 4 is 10.0 Å². The number of hydrogen-bond acceptors (Lipinski definition) is 3. The van der Waals surface area contributed by atoms with Gasteiger partial charge >= 0.3 is 0 Å². The van der Waals surface area contributed by atoms with E-state index in [9.17, 15) is 8.42 Å². The third-order valence-corrected chi connectivity index (χ3v) is 7.22. The minimum absolute atomic E-state index is 0.0850. The minimum Gasteiger partial charge on any atom is -0.293 e. The molecule has 1 saturated heterocycles. The summed E-state index contributed by atoms with van der Waals surface area (Å²) in [6.45, 7) is 5.00. The van der Waals surface area contributed by atoms with Gasteiger partial charge in [0.25, 0.3) is 0 Å². The summed E-state index contributed by atoms with van der Waals surface area (Å²) in [4.78, 5) is 2.43. The zero-order chi connectivity index (χ0) is 17.4. The van der Waals surface area contributed by atoms with Crippen molar-refractivity contribution in [1.82, 2.24) is 9.21 Å². The van der Waals surface area contributed by atoms with Gasteiger partial charge < -0.3 is 0 Å². The van der Waals surface area contributed by atoms with Gasteiger partial charge in [-0.1, -0.05) is 54.1 Å². The molecule has 0 aliphatic carbocycles. The third kappa shape index (κ3) is 3.36. The molecule has 2 heterocycles. The third-order valence-electron chi connectivity index (χ3n) is 5.40. The molecule has 2 aromatic rings. The first kappa shape index (κ1) is 16.8. The van der Waals surface area contributed by atoms with Gasteiger partial charge in [0.05, 0.1) is 5.75 Å². The van der Waals surface area contributed by atoms with Gasteiger partial charge in [0, 0.05) is 32.2 Å². The maximum absolute atomic E-state index is 12.9. The van der Waals surface area contributed by atoms with E-state index in [0.29, 0.717) is 13.1 Å². The van der Waals surface area contributed by atoms with Crippen molar-refractivity contribution in [3.8, 4) is 0 Å². The first-order chi connectivity index (χ1) is 12.0. The zero-order valence-corrected chi connectivity index (χ0v) is 15.4. The van der Waals surface area contributed by atoms with Crippen molar-refractivity contribution in [3.05, 3.63) is 70.8 Å². The molecule has 0 saturated carbocycles. The van der Waals surface area contributed by atoms with E-state index in [4.69, 9.17) is 0 Å². The topological polar surface area (TPSA) is 40.6 Å². The zero-order valence-electron chi connectivity index (χ0n) is 14.6. The Bertz CT molecular complexity index is 862. The molecule has 2 aromatic carbocycles. The lowest BCUT2D eigenvalue weighted by molar-refractivity contribution is 0.109. The van der Waals surface area contributed by atoms with Crippen LogP contribution >= 0.6 is 0 Å². The molecule has 4 rings (SSSR count). The van der Waals surface area contributed by atoms with Crippen molar-refractivity contribution in [2.45, 2.75) is 25.1 Å². The number of rotatable bonds is 3. The molecule has 4 nitrogen and oxygen atoms in total. The summed E-state index contributed by atoms with van der Waals surface area (Å²) in [5, 5.41) is 0. The Morgan fingerprint density at radius 3 is 2.56 bits per heavy atom. The number of nitrogens with zero attached hydrogens (tertiary/aromatic N) is 2. The van der Waals surface area contributed by atoms with Crippen LogP contribution in [0.1, 0.15) is 28.3 Å². The molecule has 2 aliphatic heterocycles. The lowest BCUT2D eigenvalue weighted by Gasteiger charge is -2.44. The van der Waals surface area contributed by atoms with Crippen molar-refractivity contribution in [1.29, 1.82) is 0 Å². The molecule has 132 valence electrons. The van der Waals surface area contributed by atoms with Crippen LogP contribution in [0.5, 0.6) is 0 Å². The summed E-state index contributed by atoms with van der Waals surface area (Å²) in [5.41, 5.74) is 4.66. The van der Waals surface area contributed by atoms with Crippen LogP contribution in [-0.2, 0) is 22.2 Å². The van der Waals surface area contributed by atoms with E-state index in [1.807, 2.05) is 31.2 Å². The van der Waals surface area contributed by atoms with Crippen LogP contribution in [0.3, 0.4) is 0 Å². The standard InChI is InChI=1S/C20H24N2O2S/c1-16-6-8-17(9-7-16)15-25(23,24)22-13-12-21-11-10-18-4-2-3-5-19(18)20(21)14-22/h2-9,20H,10-15H2,1H3. The van der Waals surface area contributed by atoms with Crippen molar-refractivity contribution < 1.29 is 8.42 Å². The number of piperazine rings is 1. The van der Waals surface area contributed by atoms with Crippen LogP contribution in [0.2, 0.25) is 0 Å². The molecule has 0 amide bonds. The van der Waals surface area contributed by atoms with E-state index in [-0.39, 0.29) is 11.8 Å². The predicted molar refractivity (Wildman–Crippen MR) is 99.8 cm³/mol. The molecule has 0 N–H and O–H groups in total. The monoisotopic (exact) mass is 356 g/mol. The molecule has 1 fully saturated rings. The lowest BCUT2D eigenvalue weighted by Crippen LogP contribution is -2.52. The van der Waals surface area contributed by atoms with Crippen molar-refractivity contribution in [2.75, 3.05) is 26.2 Å². The van der Waals surface area contributed by atoms with Crippen LogP contribution in [0.25, 0.3) is 0 Å². The van der Waals surface area contributed by atoms with Crippen LogP contribution in [0, 0.1) is 6.92 Å². The SMILES string of the molecule is Cc1ccc(CS(=O)(=O)N2CCN3CCc4ccccc4C3C2)cc1. The van der Waals surface area contributed by atoms with Crippen LogP contribution < -0.4 is 0 Å². The second-order valence-electron chi connectivity index (χ2n) is 7.10. The van der Waals surface area contributed by atoms with Gasteiger partial charge in [0.2, 0.25) is 10.0 Å². The maximum atomic E-state index is 12.9. The first-order valence-corrected chi connectivity index (χ1v) is 10.5. The Balaban J connectivity index is 1.55. The molecule has 0 bridgehead atoms. The summed E-state index contributed by atoms with van der Waals surface area (Å²) < 4.78 is 27.6. The molecule has 0 aromatic heterocycles. The Morgan fingerprint density at radius 2 is 1.76 bits per heavy atom.